The normalized spacial score (nSPS) is 10.4. The molecule has 126 valence electrons. The molecule has 0 unspecified atom stereocenters. The number of esters is 1. The number of ether oxygens (including phenoxy) is 1. The smallest absolute Gasteiger partial charge is 0.328 e. The molecule has 0 bridgehead atoms. The summed E-state index contributed by atoms with van der Waals surface area (Å²) in [6.45, 7) is -0.135. The Balaban J connectivity index is 1.59. The summed E-state index contributed by atoms with van der Waals surface area (Å²) < 4.78 is 6.26. The Labute approximate surface area is 143 Å². The van der Waals surface area contributed by atoms with Crippen molar-refractivity contribution in [1.29, 1.82) is 0 Å². The van der Waals surface area contributed by atoms with Gasteiger partial charge in [-0.2, -0.15) is 0 Å². The van der Waals surface area contributed by atoms with Crippen LogP contribution in [-0.2, 0) is 22.7 Å². The molecule has 0 atom stereocenters. The standard InChI is InChI=1S/C19H16N2O4/c22-17-10-11-21(19(24)20-17)12-18(23)25-13-14-6-8-16(9-7-14)15-4-2-1-3-5-15/h1-11H,12-13H2,(H,20,22,24). The summed E-state index contributed by atoms with van der Waals surface area (Å²) in [6, 6.07) is 18.9. The molecule has 0 spiro atoms. The van der Waals surface area contributed by atoms with E-state index in [0.717, 1.165) is 21.3 Å². The molecule has 3 rings (SSSR count). The quantitative estimate of drug-likeness (QED) is 0.722. The van der Waals surface area contributed by atoms with Gasteiger partial charge >= 0.3 is 11.7 Å². The van der Waals surface area contributed by atoms with Gasteiger partial charge in [0.2, 0.25) is 0 Å². The highest BCUT2D eigenvalue weighted by molar-refractivity contribution is 5.69. The third-order valence-corrected chi connectivity index (χ3v) is 3.66. The lowest BCUT2D eigenvalue weighted by Crippen LogP contribution is -2.31. The zero-order valence-corrected chi connectivity index (χ0v) is 13.3. The van der Waals surface area contributed by atoms with Gasteiger partial charge in [-0.05, 0) is 16.7 Å². The van der Waals surface area contributed by atoms with Crippen LogP contribution in [-0.4, -0.2) is 15.5 Å². The van der Waals surface area contributed by atoms with Crippen LogP contribution in [0.1, 0.15) is 5.56 Å². The molecule has 0 aliphatic carbocycles. The Kier molecular flexibility index (Phi) is 4.89. The molecule has 0 saturated carbocycles. The Morgan fingerprint density at radius 1 is 0.920 bits per heavy atom. The summed E-state index contributed by atoms with van der Waals surface area (Å²) in [5.74, 6) is -0.554. The molecular formula is C19H16N2O4. The van der Waals surface area contributed by atoms with Crippen molar-refractivity contribution in [2.75, 3.05) is 0 Å². The average molecular weight is 336 g/mol. The molecule has 0 aliphatic rings. The van der Waals surface area contributed by atoms with E-state index >= 15 is 0 Å². The lowest BCUT2D eigenvalue weighted by atomic mass is 10.0. The van der Waals surface area contributed by atoms with Crippen LogP contribution in [0.5, 0.6) is 0 Å². The SMILES string of the molecule is O=C(Cn1ccc(=O)[nH]c1=O)OCc1ccc(-c2ccccc2)cc1. The fraction of sp³-hybridized carbons (Fsp3) is 0.105. The topological polar surface area (TPSA) is 81.2 Å². The molecule has 1 aromatic heterocycles. The summed E-state index contributed by atoms with van der Waals surface area (Å²) in [4.78, 5) is 36.4. The minimum atomic E-state index is -0.642. The van der Waals surface area contributed by atoms with Gasteiger partial charge in [-0.25, -0.2) is 4.79 Å². The van der Waals surface area contributed by atoms with Crippen LogP contribution in [0.4, 0.5) is 0 Å². The summed E-state index contributed by atoms with van der Waals surface area (Å²) in [6.07, 6.45) is 1.26. The summed E-state index contributed by atoms with van der Waals surface area (Å²) in [7, 11) is 0. The first-order chi connectivity index (χ1) is 12.1. The van der Waals surface area contributed by atoms with E-state index in [0.29, 0.717) is 0 Å². The van der Waals surface area contributed by atoms with Gasteiger partial charge in [-0.1, -0.05) is 54.6 Å². The van der Waals surface area contributed by atoms with Gasteiger partial charge in [0.1, 0.15) is 13.2 Å². The van der Waals surface area contributed by atoms with Crippen LogP contribution in [0.2, 0.25) is 0 Å². The minimum Gasteiger partial charge on any atom is -0.459 e. The number of benzene rings is 2. The maximum Gasteiger partial charge on any atom is 0.328 e. The van der Waals surface area contributed by atoms with Gasteiger partial charge in [0.25, 0.3) is 5.56 Å². The second-order valence-corrected chi connectivity index (χ2v) is 5.46. The Bertz CT molecular complexity index is 973. The van der Waals surface area contributed by atoms with Crippen molar-refractivity contribution in [2.24, 2.45) is 0 Å². The van der Waals surface area contributed by atoms with Crippen molar-refractivity contribution < 1.29 is 9.53 Å². The lowest BCUT2D eigenvalue weighted by molar-refractivity contribution is -0.145. The zero-order chi connectivity index (χ0) is 17.6. The molecule has 3 aromatic rings. The van der Waals surface area contributed by atoms with Crippen LogP contribution in [0.15, 0.2) is 76.4 Å². The van der Waals surface area contributed by atoms with E-state index in [4.69, 9.17) is 4.74 Å². The largest absolute Gasteiger partial charge is 0.459 e. The fourth-order valence-corrected chi connectivity index (χ4v) is 2.34. The van der Waals surface area contributed by atoms with E-state index in [1.807, 2.05) is 54.6 Å². The Morgan fingerprint density at radius 2 is 1.60 bits per heavy atom. The molecule has 1 heterocycles. The highest BCUT2D eigenvalue weighted by Gasteiger charge is 2.07. The number of carbonyl (C=O) groups is 1. The van der Waals surface area contributed by atoms with Crippen molar-refractivity contribution in [1.82, 2.24) is 9.55 Å². The second kappa shape index (κ2) is 7.44. The van der Waals surface area contributed by atoms with Crippen molar-refractivity contribution in [3.8, 4) is 11.1 Å². The van der Waals surface area contributed by atoms with E-state index in [1.165, 1.54) is 12.3 Å². The van der Waals surface area contributed by atoms with Crippen LogP contribution in [0.25, 0.3) is 11.1 Å². The number of carbonyl (C=O) groups excluding carboxylic acids is 1. The van der Waals surface area contributed by atoms with Gasteiger partial charge in [0.15, 0.2) is 0 Å². The van der Waals surface area contributed by atoms with Gasteiger partial charge < -0.3 is 4.74 Å². The van der Waals surface area contributed by atoms with Crippen LogP contribution in [0, 0.1) is 0 Å². The zero-order valence-electron chi connectivity index (χ0n) is 13.3. The van der Waals surface area contributed by atoms with E-state index in [9.17, 15) is 14.4 Å². The highest BCUT2D eigenvalue weighted by atomic mass is 16.5. The number of hydrogen-bond donors (Lipinski definition) is 1. The third-order valence-electron chi connectivity index (χ3n) is 3.66. The highest BCUT2D eigenvalue weighted by Crippen LogP contribution is 2.19. The number of nitrogens with one attached hydrogen (secondary N) is 1. The lowest BCUT2D eigenvalue weighted by Gasteiger charge is -2.07. The van der Waals surface area contributed by atoms with Crippen molar-refractivity contribution >= 4 is 5.97 Å². The van der Waals surface area contributed by atoms with E-state index in [2.05, 4.69) is 4.98 Å². The van der Waals surface area contributed by atoms with E-state index in [1.54, 1.807) is 0 Å². The molecule has 2 aromatic carbocycles. The molecule has 6 nitrogen and oxygen atoms in total. The monoisotopic (exact) mass is 336 g/mol. The predicted octanol–water partition coefficient (Wildman–Crippen LogP) is 1.95. The number of aromatic nitrogens is 2. The first-order valence-corrected chi connectivity index (χ1v) is 7.71. The maximum absolute atomic E-state index is 11.8. The number of aromatic amines is 1. The number of rotatable bonds is 5. The molecule has 0 fully saturated rings. The summed E-state index contributed by atoms with van der Waals surface area (Å²) in [5.41, 5.74) is 1.89. The predicted molar refractivity (Wildman–Crippen MR) is 93.0 cm³/mol. The van der Waals surface area contributed by atoms with Crippen molar-refractivity contribution in [3.63, 3.8) is 0 Å². The van der Waals surface area contributed by atoms with Gasteiger partial charge in [-0.3, -0.25) is 19.1 Å². The average Bonchev–Trinajstić information content (AvgIpc) is 2.63. The maximum atomic E-state index is 11.8. The first kappa shape index (κ1) is 16.4. The van der Waals surface area contributed by atoms with Crippen LogP contribution < -0.4 is 11.2 Å². The summed E-state index contributed by atoms with van der Waals surface area (Å²) >= 11 is 0. The van der Waals surface area contributed by atoms with Crippen LogP contribution in [0.3, 0.4) is 0 Å². The molecule has 25 heavy (non-hydrogen) atoms. The van der Waals surface area contributed by atoms with Crippen molar-refractivity contribution in [2.45, 2.75) is 13.2 Å². The Morgan fingerprint density at radius 3 is 2.28 bits per heavy atom. The molecule has 6 heteroatoms. The minimum absolute atomic E-state index is 0.117. The molecule has 1 N–H and O–H groups in total. The molecule has 0 saturated heterocycles. The Hall–Kier alpha value is -3.41. The van der Waals surface area contributed by atoms with E-state index in [-0.39, 0.29) is 13.2 Å². The second-order valence-electron chi connectivity index (χ2n) is 5.46. The fourth-order valence-electron chi connectivity index (χ4n) is 2.34. The van der Waals surface area contributed by atoms with Crippen molar-refractivity contribution in [3.05, 3.63) is 93.3 Å². The molecule has 0 amide bonds. The van der Waals surface area contributed by atoms with Gasteiger partial charge in [0, 0.05) is 12.3 Å². The van der Waals surface area contributed by atoms with Crippen LogP contribution >= 0.6 is 0 Å². The third kappa shape index (κ3) is 4.32. The number of nitrogens with zero attached hydrogens (tertiary/aromatic N) is 1. The van der Waals surface area contributed by atoms with Gasteiger partial charge in [-0.15, -0.1) is 0 Å². The molecular weight excluding hydrogens is 320 g/mol. The van der Waals surface area contributed by atoms with Gasteiger partial charge in [0.05, 0.1) is 0 Å². The van der Waals surface area contributed by atoms with E-state index < -0.39 is 17.2 Å². The number of H-pyrrole nitrogens is 1. The molecule has 0 radical (unpaired) electrons. The molecule has 0 aliphatic heterocycles. The summed E-state index contributed by atoms with van der Waals surface area (Å²) in [5, 5.41) is 0. The first-order valence-electron chi connectivity index (χ1n) is 7.71. The number of hydrogen-bond acceptors (Lipinski definition) is 4.